The van der Waals surface area contributed by atoms with Crippen LogP contribution in [0.4, 0.5) is 4.39 Å². The molecule has 1 aliphatic carbocycles. The maximum absolute atomic E-state index is 13.1. The molecule has 1 aromatic carbocycles. The summed E-state index contributed by atoms with van der Waals surface area (Å²) < 4.78 is 20.0. The first kappa shape index (κ1) is 16.0. The summed E-state index contributed by atoms with van der Waals surface area (Å²) in [5.41, 5.74) is 0.252. The van der Waals surface area contributed by atoms with Crippen LogP contribution in [0.2, 0.25) is 0 Å². The van der Waals surface area contributed by atoms with Crippen LogP contribution in [0.5, 0.6) is 0 Å². The van der Waals surface area contributed by atoms with E-state index in [0.29, 0.717) is 18.8 Å². The minimum absolute atomic E-state index is 0.0780. The van der Waals surface area contributed by atoms with E-state index in [1.165, 1.54) is 36.4 Å². The van der Waals surface area contributed by atoms with E-state index in [0.717, 1.165) is 23.9 Å². The van der Waals surface area contributed by atoms with Gasteiger partial charge in [-0.3, -0.25) is 9.59 Å². The van der Waals surface area contributed by atoms with Crippen LogP contribution in [0, 0.1) is 5.82 Å². The van der Waals surface area contributed by atoms with E-state index in [9.17, 15) is 14.0 Å². The number of benzene rings is 1. The molecule has 0 unspecified atom stereocenters. The summed E-state index contributed by atoms with van der Waals surface area (Å²) in [6.45, 7) is 1.04. The number of fused-ring (bicyclic) bond motifs is 1. The average Bonchev–Trinajstić information content (AvgIpc) is 3.11. The molecule has 1 saturated heterocycles. The highest BCUT2D eigenvalue weighted by Crippen LogP contribution is 2.30. The predicted molar refractivity (Wildman–Crippen MR) is 88.2 cm³/mol. The van der Waals surface area contributed by atoms with Crippen molar-refractivity contribution in [2.24, 2.45) is 0 Å². The summed E-state index contributed by atoms with van der Waals surface area (Å²) >= 11 is 0. The van der Waals surface area contributed by atoms with E-state index in [-0.39, 0.29) is 29.3 Å². The Bertz CT molecular complexity index is 849. The number of carbonyl (C=O) groups is 1. The lowest BCUT2D eigenvalue weighted by Crippen LogP contribution is -2.51. The lowest BCUT2D eigenvalue weighted by Gasteiger charge is -2.37. The zero-order chi connectivity index (χ0) is 17.4. The standard InChI is InChI=1S/C18H18FN3O3/c19-12-4-6-13(7-5-12)22-17(23)9-8-14(20-22)18(24)21-10-11-25-16-3-1-2-15(16)21/h4-9,15-16H,1-3,10-11H2/t15-,16-/m1/s1. The Morgan fingerprint density at radius 2 is 1.96 bits per heavy atom. The number of hydrogen-bond acceptors (Lipinski definition) is 4. The first-order valence-corrected chi connectivity index (χ1v) is 8.42. The van der Waals surface area contributed by atoms with Crippen molar-refractivity contribution in [3.05, 3.63) is 58.3 Å². The fraction of sp³-hybridized carbons (Fsp3) is 0.389. The Hall–Kier alpha value is -2.54. The van der Waals surface area contributed by atoms with Gasteiger partial charge < -0.3 is 9.64 Å². The second-order valence-corrected chi connectivity index (χ2v) is 6.35. The third-order valence-electron chi connectivity index (χ3n) is 4.83. The molecule has 25 heavy (non-hydrogen) atoms. The van der Waals surface area contributed by atoms with Crippen molar-refractivity contribution in [1.29, 1.82) is 0 Å². The van der Waals surface area contributed by atoms with Gasteiger partial charge in [0.1, 0.15) is 11.5 Å². The summed E-state index contributed by atoms with van der Waals surface area (Å²) in [5.74, 6) is -0.597. The number of carbonyl (C=O) groups excluding carboxylic acids is 1. The molecule has 4 rings (SSSR count). The molecule has 1 amide bonds. The Morgan fingerprint density at radius 1 is 1.16 bits per heavy atom. The van der Waals surface area contributed by atoms with Crippen LogP contribution >= 0.6 is 0 Å². The van der Waals surface area contributed by atoms with E-state index in [2.05, 4.69) is 5.10 Å². The highest BCUT2D eigenvalue weighted by Gasteiger charge is 2.39. The molecule has 2 heterocycles. The summed E-state index contributed by atoms with van der Waals surface area (Å²) in [4.78, 5) is 26.8. The van der Waals surface area contributed by atoms with E-state index in [4.69, 9.17) is 4.74 Å². The van der Waals surface area contributed by atoms with Gasteiger partial charge in [0, 0.05) is 12.6 Å². The van der Waals surface area contributed by atoms with Crippen LogP contribution in [-0.2, 0) is 4.74 Å². The number of amides is 1. The van der Waals surface area contributed by atoms with E-state index in [1.54, 1.807) is 0 Å². The van der Waals surface area contributed by atoms with Crippen molar-refractivity contribution in [1.82, 2.24) is 14.7 Å². The van der Waals surface area contributed by atoms with Crippen LogP contribution in [-0.4, -0.2) is 45.9 Å². The van der Waals surface area contributed by atoms with Crippen molar-refractivity contribution in [3.63, 3.8) is 0 Å². The Balaban J connectivity index is 1.66. The molecule has 2 aliphatic rings. The summed E-state index contributed by atoms with van der Waals surface area (Å²) in [5, 5.41) is 4.21. The third kappa shape index (κ3) is 2.95. The number of halogens is 1. The van der Waals surface area contributed by atoms with Crippen LogP contribution in [0.25, 0.3) is 5.69 Å². The second-order valence-electron chi connectivity index (χ2n) is 6.35. The van der Waals surface area contributed by atoms with Gasteiger partial charge in [0.25, 0.3) is 11.5 Å². The maximum Gasteiger partial charge on any atom is 0.274 e. The third-order valence-corrected chi connectivity index (χ3v) is 4.83. The second kappa shape index (κ2) is 6.40. The molecule has 2 atom stereocenters. The number of rotatable bonds is 2. The minimum Gasteiger partial charge on any atom is -0.374 e. The molecule has 2 aromatic rings. The van der Waals surface area contributed by atoms with Gasteiger partial charge in [-0.25, -0.2) is 4.39 Å². The Morgan fingerprint density at radius 3 is 2.76 bits per heavy atom. The van der Waals surface area contributed by atoms with Gasteiger partial charge in [-0.2, -0.15) is 9.78 Å². The average molecular weight is 343 g/mol. The van der Waals surface area contributed by atoms with Crippen LogP contribution in [0.15, 0.2) is 41.2 Å². The first-order chi connectivity index (χ1) is 12.1. The first-order valence-electron chi connectivity index (χ1n) is 8.42. The van der Waals surface area contributed by atoms with Gasteiger partial charge in [-0.1, -0.05) is 0 Å². The topological polar surface area (TPSA) is 64.4 Å². The highest BCUT2D eigenvalue weighted by molar-refractivity contribution is 5.92. The fourth-order valence-corrected chi connectivity index (χ4v) is 3.62. The highest BCUT2D eigenvalue weighted by atomic mass is 19.1. The van der Waals surface area contributed by atoms with E-state index >= 15 is 0 Å². The van der Waals surface area contributed by atoms with Crippen LogP contribution < -0.4 is 5.56 Å². The maximum atomic E-state index is 13.1. The zero-order valence-corrected chi connectivity index (χ0v) is 13.6. The van der Waals surface area contributed by atoms with Crippen molar-refractivity contribution < 1.29 is 13.9 Å². The summed E-state index contributed by atoms with van der Waals surface area (Å²) in [7, 11) is 0. The Kier molecular flexibility index (Phi) is 4.09. The molecule has 7 heteroatoms. The van der Waals surface area contributed by atoms with Gasteiger partial charge in [-0.05, 0) is 49.6 Å². The molecule has 1 aliphatic heterocycles. The summed E-state index contributed by atoms with van der Waals surface area (Å²) in [6, 6.07) is 8.26. The minimum atomic E-state index is -0.398. The van der Waals surface area contributed by atoms with E-state index in [1.807, 2.05) is 4.90 Å². The lowest BCUT2D eigenvalue weighted by atomic mass is 10.1. The van der Waals surface area contributed by atoms with Crippen molar-refractivity contribution in [2.45, 2.75) is 31.4 Å². The van der Waals surface area contributed by atoms with Gasteiger partial charge in [0.05, 0.1) is 24.4 Å². The molecule has 0 spiro atoms. The SMILES string of the molecule is O=C(c1ccc(=O)n(-c2ccc(F)cc2)n1)N1CCO[C@@H]2CCC[C@H]21. The molecular formula is C18H18FN3O3. The van der Waals surface area contributed by atoms with Crippen molar-refractivity contribution in [3.8, 4) is 5.69 Å². The smallest absolute Gasteiger partial charge is 0.274 e. The van der Waals surface area contributed by atoms with Crippen molar-refractivity contribution >= 4 is 5.91 Å². The number of ether oxygens (including phenoxy) is 1. The molecule has 1 aromatic heterocycles. The largest absolute Gasteiger partial charge is 0.374 e. The van der Waals surface area contributed by atoms with Crippen molar-refractivity contribution in [2.75, 3.05) is 13.2 Å². The Labute approximate surface area is 143 Å². The molecule has 0 radical (unpaired) electrons. The number of nitrogens with zero attached hydrogens (tertiary/aromatic N) is 3. The zero-order valence-electron chi connectivity index (χ0n) is 13.6. The number of aromatic nitrogens is 2. The molecule has 1 saturated carbocycles. The van der Waals surface area contributed by atoms with Gasteiger partial charge in [0.2, 0.25) is 0 Å². The van der Waals surface area contributed by atoms with E-state index < -0.39 is 5.82 Å². The van der Waals surface area contributed by atoms with Gasteiger partial charge in [0.15, 0.2) is 0 Å². The van der Waals surface area contributed by atoms with Crippen LogP contribution in [0.3, 0.4) is 0 Å². The molecular weight excluding hydrogens is 325 g/mol. The number of morpholine rings is 1. The fourth-order valence-electron chi connectivity index (χ4n) is 3.62. The van der Waals surface area contributed by atoms with Gasteiger partial charge in [-0.15, -0.1) is 0 Å². The lowest BCUT2D eigenvalue weighted by molar-refractivity contribution is -0.0447. The molecule has 0 N–H and O–H groups in total. The van der Waals surface area contributed by atoms with Gasteiger partial charge >= 0.3 is 0 Å². The normalized spacial score (nSPS) is 22.7. The molecule has 6 nitrogen and oxygen atoms in total. The summed E-state index contributed by atoms with van der Waals surface area (Å²) in [6.07, 6.45) is 3.03. The van der Waals surface area contributed by atoms with Crippen LogP contribution in [0.1, 0.15) is 29.8 Å². The molecule has 2 fully saturated rings. The monoisotopic (exact) mass is 343 g/mol. The number of hydrogen-bond donors (Lipinski definition) is 0. The quantitative estimate of drug-likeness (QED) is 0.834. The molecule has 0 bridgehead atoms. The predicted octanol–water partition coefficient (Wildman–Crippen LogP) is 1.77. The molecule has 130 valence electrons.